The minimum absolute atomic E-state index is 0. The van der Waals surface area contributed by atoms with Gasteiger partial charge in [0, 0.05) is 29.6 Å². The highest BCUT2D eigenvalue weighted by atomic mass is 35.5. The van der Waals surface area contributed by atoms with Crippen molar-refractivity contribution in [1.29, 1.82) is 0 Å². The van der Waals surface area contributed by atoms with Crippen molar-refractivity contribution in [2.75, 3.05) is 19.3 Å². The highest BCUT2D eigenvalue weighted by Gasteiger charge is 2.35. The molecule has 0 saturated carbocycles. The number of amides is 1. The summed E-state index contributed by atoms with van der Waals surface area (Å²) in [6, 6.07) is 6.27. The van der Waals surface area contributed by atoms with Crippen LogP contribution in [0.5, 0.6) is 0 Å². The van der Waals surface area contributed by atoms with Gasteiger partial charge in [0.25, 0.3) is 5.91 Å². The van der Waals surface area contributed by atoms with Crippen molar-refractivity contribution < 1.29 is 4.79 Å². The van der Waals surface area contributed by atoms with Crippen molar-refractivity contribution in [1.82, 2.24) is 4.90 Å². The number of thioether (sulfide) groups is 1. The van der Waals surface area contributed by atoms with E-state index in [1.807, 2.05) is 30.2 Å². The fraction of sp³-hybridized carbons (Fsp3) is 0.562. The zero-order chi connectivity index (χ0) is 14.9. The molecule has 1 atom stereocenters. The zero-order valence-electron chi connectivity index (χ0n) is 13.2. The molecule has 0 bridgehead atoms. The van der Waals surface area contributed by atoms with Crippen LogP contribution < -0.4 is 5.73 Å². The van der Waals surface area contributed by atoms with Gasteiger partial charge in [0.15, 0.2) is 0 Å². The number of likely N-dealkylation sites (tertiary alicyclic amines) is 1. The molecule has 1 heterocycles. The second-order valence-electron chi connectivity index (χ2n) is 6.29. The lowest BCUT2D eigenvalue weighted by Gasteiger charge is -2.42. The van der Waals surface area contributed by atoms with Gasteiger partial charge in [-0.05, 0) is 42.7 Å². The Morgan fingerprint density at radius 2 is 2.10 bits per heavy atom. The first-order valence-corrected chi connectivity index (χ1v) is 8.27. The third kappa shape index (κ3) is 3.93. The average molecular weight is 329 g/mol. The number of rotatable bonds is 2. The summed E-state index contributed by atoms with van der Waals surface area (Å²) in [6.07, 6.45) is 2.90. The molecule has 1 aliphatic rings. The third-order valence-corrected chi connectivity index (χ3v) is 5.00. The fourth-order valence-electron chi connectivity index (χ4n) is 2.68. The molecule has 1 aromatic rings. The van der Waals surface area contributed by atoms with Crippen LogP contribution in [0.15, 0.2) is 23.1 Å². The predicted molar refractivity (Wildman–Crippen MR) is 92.5 cm³/mol. The summed E-state index contributed by atoms with van der Waals surface area (Å²) in [7, 11) is 0. The van der Waals surface area contributed by atoms with E-state index in [9.17, 15) is 4.79 Å². The van der Waals surface area contributed by atoms with Crippen LogP contribution in [0.25, 0.3) is 0 Å². The SMILES string of the molecule is CSc1ccc(C)c(C(=O)N2CCC(N)C(C)(C)C2)c1.Cl. The Morgan fingerprint density at radius 1 is 1.43 bits per heavy atom. The van der Waals surface area contributed by atoms with Crippen molar-refractivity contribution in [3.8, 4) is 0 Å². The van der Waals surface area contributed by atoms with Crippen LogP contribution in [0.4, 0.5) is 0 Å². The van der Waals surface area contributed by atoms with Gasteiger partial charge in [-0.2, -0.15) is 0 Å². The van der Waals surface area contributed by atoms with E-state index < -0.39 is 0 Å². The highest BCUT2D eigenvalue weighted by Crippen LogP contribution is 2.29. The van der Waals surface area contributed by atoms with Gasteiger partial charge in [-0.25, -0.2) is 0 Å². The van der Waals surface area contributed by atoms with Gasteiger partial charge in [-0.1, -0.05) is 19.9 Å². The molecule has 0 radical (unpaired) electrons. The minimum Gasteiger partial charge on any atom is -0.338 e. The first-order valence-electron chi connectivity index (χ1n) is 7.04. The summed E-state index contributed by atoms with van der Waals surface area (Å²) >= 11 is 1.67. The Labute approximate surface area is 138 Å². The molecule has 2 N–H and O–H groups in total. The Bertz CT molecular complexity index is 519. The molecule has 0 aliphatic carbocycles. The zero-order valence-corrected chi connectivity index (χ0v) is 14.8. The molecule has 1 aromatic carbocycles. The molecule has 2 rings (SSSR count). The van der Waals surface area contributed by atoms with E-state index in [4.69, 9.17) is 5.73 Å². The molecule has 5 heteroatoms. The summed E-state index contributed by atoms with van der Waals surface area (Å²) in [5.41, 5.74) is 8.00. The summed E-state index contributed by atoms with van der Waals surface area (Å²) in [5, 5.41) is 0. The second kappa shape index (κ2) is 7.03. The molecular weight excluding hydrogens is 304 g/mol. The quantitative estimate of drug-likeness (QED) is 0.847. The van der Waals surface area contributed by atoms with Crippen LogP contribution in [0.3, 0.4) is 0 Å². The van der Waals surface area contributed by atoms with E-state index in [2.05, 4.69) is 19.9 Å². The van der Waals surface area contributed by atoms with E-state index in [1.54, 1.807) is 11.8 Å². The van der Waals surface area contributed by atoms with Crippen LogP contribution in [-0.2, 0) is 0 Å². The van der Waals surface area contributed by atoms with Gasteiger partial charge in [0.2, 0.25) is 0 Å². The lowest BCUT2D eigenvalue weighted by Crippen LogP contribution is -2.54. The largest absolute Gasteiger partial charge is 0.338 e. The van der Waals surface area contributed by atoms with E-state index in [-0.39, 0.29) is 29.8 Å². The first kappa shape index (κ1) is 18.3. The van der Waals surface area contributed by atoms with E-state index in [0.29, 0.717) is 0 Å². The molecule has 0 aromatic heterocycles. The van der Waals surface area contributed by atoms with E-state index >= 15 is 0 Å². The van der Waals surface area contributed by atoms with Crippen LogP contribution in [-0.4, -0.2) is 36.2 Å². The lowest BCUT2D eigenvalue weighted by atomic mass is 9.79. The smallest absolute Gasteiger partial charge is 0.254 e. The van der Waals surface area contributed by atoms with Crippen molar-refractivity contribution in [3.63, 3.8) is 0 Å². The van der Waals surface area contributed by atoms with Crippen molar-refractivity contribution in [2.45, 2.75) is 38.1 Å². The molecule has 1 aliphatic heterocycles. The second-order valence-corrected chi connectivity index (χ2v) is 7.17. The number of piperidine rings is 1. The fourth-order valence-corrected chi connectivity index (χ4v) is 3.12. The highest BCUT2D eigenvalue weighted by molar-refractivity contribution is 7.98. The van der Waals surface area contributed by atoms with E-state index in [1.165, 1.54) is 0 Å². The Balaban J connectivity index is 0.00000220. The average Bonchev–Trinajstić information content (AvgIpc) is 2.41. The van der Waals surface area contributed by atoms with Gasteiger partial charge >= 0.3 is 0 Å². The maximum Gasteiger partial charge on any atom is 0.254 e. The number of benzene rings is 1. The number of aryl methyl sites for hydroxylation is 1. The Morgan fingerprint density at radius 3 is 2.67 bits per heavy atom. The van der Waals surface area contributed by atoms with Gasteiger partial charge < -0.3 is 10.6 Å². The number of hydrogen-bond acceptors (Lipinski definition) is 3. The normalized spacial score (nSPS) is 20.8. The number of carbonyl (C=O) groups is 1. The summed E-state index contributed by atoms with van der Waals surface area (Å²) < 4.78 is 0. The molecule has 1 unspecified atom stereocenters. The van der Waals surface area contributed by atoms with Crippen LogP contribution in [0.2, 0.25) is 0 Å². The Hall–Kier alpha value is -0.710. The first-order chi connectivity index (χ1) is 9.35. The van der Waals surface area contributed by atoms with E-state index in [0.717, 1.165) is 35.5 Å². The van der Waals surface area contributed by atoms with Crippen molar-refractivity contribution in [3.05, 3.63) is 29.3 Å². The molecule has 1 amide bonds. The maximum absolute atomic E-state index is 12.8. The van der Waals surface area contributed by atoms with Gasteiger partial charge in [0.1, 0.15) is 0 Å². The molecule has 1 fully saturated rings. The molecule has 3 nitrogen and oxygen atoms in total. The van der Waals surface area contributed by atoms with Crippen LogP contribution in [0, 0.1) is 12.3 Å². The number of nitrogens with zero attached hydrogens (tertiary/aromatic N) is 1. The summed E-state index contributed by atoms with van der Waals surface area (Å²) in [6.45, 7) is 7.77. The topological polar surface area (TPSA) is 46.3 Å². The molecule has 1 saturated heterocycles. The number of hydrogen-bond donors (Lipinski definition) is 1. The number of carbonyl (C=O) groups excluding carboxylic acids is 1. The standard InChI is InChI=1S/C16H24N2OS.ClH/c1-11-5-6-12(20-4)9-13(11)15(19)18-8-7-14(17)16(2,3)10-18;/h5-6,9,14H,7-8,10,17H2,1-4H3;1H. The summed E-state index contributed by atoms with van der Waals surface area (Å²) in [4.78, 5) is 15.8. The predicted octanol–water partition coefficient (Wildman–Crippen LogP) is 3.34. The minimum atomic E-state index is -0.0149. The molecule has 0 spiro atoms. The monoisotopic (exact) mass is 328 g/mol. The van der Waals surface area contributed by atoms with Gasteiger partial charge in [-0.15, -0.1) is 24.2 Å². The van der Waals surface area contributed by atoms with Crippen LogP contribution >= 0.6 is 24.2 Å². The maximum atomic E-state index is 12.8. The van der Waals surface area contributed by atoms with Crippen molar-refractivity contribution in [2.24, 2.45) is 11.1 Å². The summed E-state index contributed by atoms with van der Waals surface area (Å²) in [5.74, 6) is 0.137. The molecular formula is C16H25ClN2OS. The lowest BCUT2D eigenvalue weighted by molar-refractivity contribution is 0.0532. The molecule has 21 heavy (non-hydrogen) atoms. The third-order valence-electron chi connectivity index (χ3n) is 4.27. The van der Waals surface area contributed by atoms with Gasteiger partial charge in [0.05, 0.1) is 0 Å². The van der Waals surface area contributed by atoms with Crippen molar-refractivity contribution >= 4 is 30.1 Å². The number of halogens is 1. The van der Waals surface area contributed by atoms with Gasteiger partial charge in [-0.3, -0.25) is 4.79 Å². The molecule has 118 valence electrons. The number of nitrogens with two attached hydrogens (primary N) is 1. The Kier molecular flexibility index (Phi) is 6.14. The van der Waals surface area contributed by atoms with Crippen LogP contribution in [0.1, 0.15) is 36.2 Å².